The summed E-state index contributed by atoms with van der Waals surface area (Å²) in [5, 5.41) is 5.46. The maximum absolute atomic E-state index is 11.7. The van der Waals surface area contributed by atoms with Crippen molar-refractivity contribution in [1.29, 1.82) is 0 Å². The van der Waals surface area contributed by atoms with Gasteiger partial charge in [-0.1, -0.05) is 30.3 Å². The molecule has 146 valence electrons. The van der Waals surface area contributed by atoms with Crippen molar-refractivity contribution >= 4 is 34.9 Å². The van der Waals surface area contributed by atoms with Gasteiger partial charge in [0.15, 0.2) is 5.11 Å². The third-order valence-corrected chi connectivity index (χ3v) is 3.71. The van der Waals surface area contributed by atoms with Crippen molar-refractivity contribution < 1.29 is 19.1 Å². The molecule has 0 radical (unpaired) electrons. The number of esters is 1. The van der Waals surface area contributed by atoms with E-state index < -0.39 is 11.9 Å². The number of benzene rings is 2. The molecule has 2 N–H and O–H groups in total. The molecule has 0 saturated carbocycles. The zero-order chi connectivity index (χ0) is 20.2. The summed E-state index contributed by atoms with van der Waals surface area (Å²) in [7, 11) is 0. The maximum atomic E-state index is 11.7. The van der Waals surface area contributed by atoms with Crippen molar-refractivity contribution in [3.63, 3.8) is 0 Å². The lowest BCUT2D eigenvalue weighted by Crippen LogP contribution is -2.32. The first-order valence-electron chi connectivity index (χ1n) is 8.80. The highest BCUT2D eigenvalue weighted by Crippen LogP contribution is 2.16. The Labute approximate surface area is 169 Å². The molecular weight excluding hydrogens is 376 g/mol. The smallest absolute Gasteiger partial charge is 0.330 e. The summed E-state index contributed by atoms with van der Waals surface area (Å²) in [5.41, 5.74) is 1.92. The van der Waals surface area contributed by atoms with Crippen molar-refractivity contribution in [2.24, 2.45) is 0 Å². The number of hydrogen-bond acceptors (Lipinski definition) is 5. The summed E-state index contributed by atoms with van der Waals surface area (Å²) in [6.07, 6.45) is 2.94. The number of carbonyl (C=O) groups excluding carboxylic acids is 2. The molecule has 0 atom stereocenters. The third kappa shape index (κ3) is 8.01. The fourth-order valence-electron chi connectivity index (χ4n) is 2.22. The van der Waals surface area contributed by atoms with Crippen LogP contribution in [0.3, 0.4) is 0 Å². The SMILES string of the molecule is CCOC(=O)/C=C/C(=O)NC(=S)Nc1ccc(OCCc2ccccc2)cc1. The van der Waals surface area contributed by atoms with Crippen LogP contribution in [-0.4, -0.2) is 30.2 Å². The van der Waals surface area contributed by atoms with Crippen LogP contribution in [0.4, 0.5) is 5.69 Å². The number of rotatable bonds is 8. The molecule has 2 aromatic carbocycles. The van der Waals surface area contributed by atoms with Crippen LogP contribution in [0.1, 0.15) is 12.5 Å². The Morgan fingerprint density at radius 3 is 2.43 bits per heavy atom. The molecule has 2 rings (SSSR count). The fraction of sp³-hybridized carbons (Fsp3) is 0.190. The predicted molar refractivity (Wildman–Crippen MR) is 112 cm³/mol. The molecule has 0 fully saturated rings. The van der Waals surface area contributed by atoms with Crippen LogP contribution >= 0.6 is 12.2 Å². The van der Waals surface area contributed by atoms with E-state index in [1.807, 2.05) is 30.3 Å². The summed E-state index contributed by atoms with van der Waals surface area (Å²) in [6.45, 7) is 2.51. The molecule has 0 spiro atoms. The Hall–Kier alpha value is -3.19. The summed E-state index contributed by atoms with van der Waals surface area (Å²) >= 11 is 5.08. The first-order chi connectivity index (χ1) is 13.6. The molecule has 0 aliphatic rings. The lowest BCUT2D eigenvalue weighted by Gasteiger charge is -2.10. The van der Waals surface area contributed by atoms with Gasteiger partial charge in [0.25, 0.3) is 0 Å². The number of ether oxygens (including phenoxy) is 2. The van der Waals surface area contributed by atoms with E-state index in [0.717, 1.165) is 24.3 Å². The topological polar surface area (TPSA) is 76.7 Å². The second-order valence-electron chi connectivity index (χ2n) is 5.64. The van der Waals surface area contributed by atoms with Crippen molar-refractivity contribution in [1.82, 2.24) is 5.32 Å². The van der Waals surface area contributed by atoms with Crippen molar-refractivity contribution in [3.8, 4) is 5.75 Å². The maximum Gasteiger partial charge on any atom is 0.330 e. The van der Waals surface area contributed by atoms with Crippen LogP contribution < -0.4 is 15.4 Å². The number of nitrogens with one attached hydrogen (secondary N) is 2. The fourth-order valence-corrected chi connectivity index (χ4v) is 2.43. The van der Waals surface area contributed by atoms with Gasteiger partial charge in [-0.25, -0.2) is 4.79 Å². The highest BCUT2D eigenvalue weighted by atomic mass is 32.1. The van der Waals surface area contributed by atoms with Crippen LogP contribution in [0.2, 0.25) is 0 Å². The molecule has 6 nitrogen and oxygen atoms in total. The van der Waals surface area contributed by atoms with E-state index in [2.05, 4.69) is 22.8 Å². The monoisotopic (exact) mass is 398 g/mol. The molecule has 0 bridgehead atoms. The van der Waals surface area contributed by atoms with Crippen LogP contribution in [0.5, 0.6) is 5.75 Å². The van der Waals surface area contributed by atoms with Gasteiger partial charge in [0, 0.05) is 24.3 Å². The Morgan fingerprint density at radius 2 is 1.75 bits per heavy atom. The largest absolute Gasteiger partial charge is 0.493 e. The van der Waals surface area contributed by atoms with Crippen LogP contribution in [-0.2, 0) is 20.7 Å². The van der Waals surface area contributed by atoms with Gasteiger partial charge in [0.2, 0.25) is 5.91 Å². The van der Waals surface area contributed by atoms with E-state index in [-0.39, 0.29) is 11.7 Å². The average Bonchev–Trinajstić information content (AvgIpc) is 2.69. The lowest BCUT2D eigenvalue weighted by molar-refractivity contribution is -0.137. The zero-order valence-electron chi connectivity index (χ0n) is 15.5. The Bertz CT molecular complexity index is 820. The minimum absolute atomic E-state index is 0.122. The van der Waals surface area contributed by atoms with Gasteiger partial charge in [0.1, 0.15) is 5.75 Å². The number of carbonyl (C=O) groups is 2. The Morgan fingerprint density at radius 1 is 1.04 bits per heavy atom. The number of hydrogen-bond donors (Lipinski definition) is 2. The lowest BCUT2D eigenvalue weighted by atomic mass is 10.2. The van der Waals surface area contributed by atoms with E-state index in [1.165, 1.54) is 5.56 Å². The molecule has 0 aliphatic heterocycles. The van der Waals surface area contributed by atoms with Gasteiger partial charge in [-0.05, 0) is 49.0 Å². The van der Waals surface area contributed by atoms with Crippen LogP contribution in [0.25, 0.3) is 0 Å². The number of anilines is 1. The summed E-state index contributed by atoms with van der Waals surface area (Å²) < 4.78 is 10.4. The minimum Gasteiger partial charge on any atom is -0.493 e. The Kier molecular flexibility index (Phi) is 8.68. The Balaban J connectivity index is 1.74. The molecule has 0 aliphatic carbocycles. The van der Waals surface area contributed by atoms with Crippen LogP contribution in [0, 0.1) is 0 Å². The highest BCUT2D eigenvalue weighted by molar-refractivity contribution is 7.80. The molecular formula is C21H22N2O4S. The molecule has 28 heavy (non-hydrogen) atoms. The average molecular weight is 398 g/mol. The molecule has 1 amide bonds. The molecule has 7 heteroatoms. The third-order valence-electron chi connectivity index (χ3n) is 3.51. The predicted octanol–water partition coefficient (Wildman–Crippen LogP) is 3.24. The van der Waals surface area contributed by atoms with Gasteiger partial charge < -0.3 is 14.8 Å². The van der Waals surface area contributed by atoms with Gasteiger partial charge in [0.05, 0.1) is 13.2 Å². The van der Waals surface area contributed by atoms with Gasteiger partial charge in [-0.2, -0.15) is 0 Å². The zero-order valence-corrected chi connectivity index (χ0v) is 16.3. The van der Waals surface area contributed by atoms with Crippen molar-refractivity contribution in [2.45, 2.75) is 13.3 Å². The van der Waals surface area contributed by atoms with Crippen molar-refractivity contribution in [2.75, 3.05) is 18.5 Å². The molecule has 0 aromatic heterocycles. The van der Waals surface area contributed by atoms with Gasteiger partial charge >= 0.3 is 5.97 Å². The summed E-state index contributed by atoms with van der Waals surface area (Å²) in [4.78, 5) is 22.9. The standard InChI is InChI=1S/C21H22N2O4S/c1-2-26-20(25)13-12-19(24)23-21(28)22-17-8-10-18(11-9-17)27-15-14-16-6-4-3-5-7-16/h3-13H,2,14-15H2,1H3,(H2,22,23,24,28)/b13-12+. The van der Waals surface area contributed by atoms with E-state index >= 15 is 0 Å². The van der Waals surface area contributed by atoms with Crippen molar-refractivity contribution in [3.05, 3.63) is 72.3 Å². The highest BCUT2D eigenvalue weighted by Gasteiger charge is 2.04. The molecule has 2 aromatic rings. The molecule has 0 saturated heterocycles. The first kappa shape index (κ1) is 21.1. The second-order valence-corrected chi connectivity index (χ2v) is 6.05. The number of amides is 1. The van der Waals surface area contributed by atoms with E-state index in [1.54, 1.807) is 19.1 Å². The quantitative estimate of drug-likeness (QED) is 0.404. The van der Waals surface area contributed by atoms with Gasteiger partial charge in [-0.3, -0.25) is 10.1 Å². The number of thiocarbonyl (C=S) groups is 1. The summed E-state index contributed by atoms with van der Waals surface area (Å²) in [5.74, 6) is -0.361. The van der Waals surface area contributed by atoms with E-state index in [9.17, 15) is 9.59 Å². The van der Waals surface area contributed by atoms with E-state index in [4.69, 9.17) is 21.7 Å². The van der Waals surface area contributed by atoms with E-state index in [0.29, 0.717) is 12.3 Å². The second kappa shape index (κ2) is 11.5. The first-order valence-corrected chi connectivity index (χ1v) is 9.21. The normalized spacial score (nSPS) is 10.3. The molecule has 0 heterocycles. The molecule has 0 unspecified atom stereocenters. The minimum atomic E-state index is -0.584. The summed E-state index contributed by atoms with van der Waals surface area (Å²) in [6, 6.07) is 17.3. The van der Waals surface area contributed by atoms with Gasteiger partial charge in [-0.15, -0.1) is 0 Å². The van der Waals surface area contributed by atoms with Crippen LogP contribution in [0.15, 0.2) is 66.7 Å².